The first kappa shape index (κ1) is 17.2. The number of carbonyl (C=O) groups is 1. The Morgan fingerprint density at radius 2 is 2.00 bits per heavy atom. The van der Waals surface area contributed by atoms with Crippen molar-refractivity contribution in [1.82, 2.24) is 15.0 Å². The summed E-state index contributed by atoms with van der Waals surface area (Å²) in [4.78, 5) is 18.8. The molecule has 1 saturated heterocycles. The summed E-state index contributed by atoms with van der Waals surface area (Å²) < 4.78 is 24.6. The molecule has 0 bridgehead atoms. The Morgan fingerprint density at radius 1 is 1.22 bits per heavy atom. The Kier molecular flexibility index (Phi) is 4.58. The quantitative estimate of drug-likeness (QED) is 0.700. The lowest BCUT2D eigenvalue weighted by molar-refractivity contribution is 0.0705. The zero-order valence-corrected chi connectivity index (χ0v) is 14.8. The number of hydrogen-bond donors (Lipinski definition) is 0. The fourth-order valence-electron chi connectivity index (χ4n) is 3.28. The molecule has 1 atom stereocenters. The number of carbonyl (C=O) groups excluding carboxylic acids is 1. The molecule has 1 fully saturated rings. The monoisotopic (exact) mass is 367 g/mol. The van der Waals surface area contributed by atoms with Crippen molar-refractivity contribution in [3.8, 4) is 17.1 Å². The highest BCUT2D eigenvalue weighted by molar-refractivity contribution is 5.94. The molecule has 2 aromatic carbocycles. The van der Waals surface area contributed by atoms with Gasteiger partial charge >= 0.3 is 0 Å². The number of nitrogens with zero attached hydrogens (tertiary/aromatic N) is 3. The first-order valence-corrected chi connectivity index (χ1v) is 8.71. The van der Waals surface area contributed by atoms with Gasteiger partial charge in [0.15, 0.2) is 0 Å². The van der Waals surface area contributed by atoms with Gasteiger partial charge in [0.05, 0.1) is 12.7 Å². The van der Waals surface area contributed by atoms with Gasteiger partial charge in [-0.05, 0) is 49.2 Å². The smallest absolute Gasteiger partial charge is 0.257 e. The summed E-state index contributed by atoms with van der Waals surface area (Å²) in [7, 11) is 1.60. The van der Waals surface area contributed by atoms with Crippen LogP contribution in [0.5, 0.6) is 5.75 Å². The molecule has 6 nitrogen and oxygen atoms in total. The van der Waals surface area contributed by atoms with Crippen molar-refractivity contribution in [3.63, 3.8) is 0 Å². The van der Waals surface area contributed by atoms with E-state index in [-0.39, 0.29) is 17.5 Å². The number of halogens is 1. The van der Waals surface area contributed by atoms with Crippen molar-refractivity contribution in [2.45, 2.75) is 18.9 Å². The van der Waals surface area contributed by atoms with Crippen LogP contribution in [-0.2, 0) is 0 Å². The lowest BCUT2D eigenvalue weighted by atomic mass is 10.1. The van der Waals surface area contributed by atoms with E-state index >= 15 is 0 Å². The molecule has 4 rings (SSSR count). The zero-order chi connectivity index (χ0) is 18.8. The second kappa shape index (κ2) is 7.19. The van der Waals surface area contributed by atoms with Crippen LogP contribution in [0.2, 0.25) is 0 Å². The molecule has 0 saturated carbocycles. The molecular weight excluding hydrogens is 349 g/mol. The van der Waals surface area contributed by atoms with Gasteiger partial charge in [0.2, 0.25) is 11.7 Å². The molecule has 0 radical (unpaired) electrons. The second-order valence-electron chi connectivity index (χ2n) is 6.32. The number of benzene rings is 2. The van der Waals surface area contributed by atoms with Crippen LogP contribution in [0.3, 0.4) is 0 Å². The molecule has 0 spiro atoms. The van der Waals surface area contributed by atoms with Crippen molar-refractivity contribution < 1.29 is 18.4 Å². The van der Waals surface area contributed by atoms with Crippen LogP contribution in [0.4, 0.5) is 4.39 Å². The molecule has 2 heterocycles. The average Bonchev–Trinajstić information content (AvgIpc) is 3.37. The first-order valence-electron chi connectivity index (χ1n) is 8.71. The number of methoxy groups -OCH3 is 1. The minimum absolute atomic E-state index is 0.0549. The normalized spacial score (nSPS) is 16.5. The Hall–Kier alpha value is -3.22. The van der Waals surface area contributed by atoms with Gasteiger partial charge in [0, 0.05) is 12.1 Å². The predicted octanol–water partition coefficient (Wildman–Crippen LogP) is 3.86. The lowest BCUT2D eigenvalue weighted by Crippen LogP contribution is -2.31. The Bertz CT molecular complexity index is 955. The van der Waals surface area contributed by atoms with E-state index in [1.165, 1.54) is 12.1 Å². The summed E-state index contributed by atoms with van der Waals surface area (Å²) in [6.07, 6.45) is 1.50. The summed E-state index contributed by atoms with van der Waals surface area (Å²) in [5.41, 5.74) is 0.843. The third-order valence-electron chi connectivity index (χ3n) is 4.69. The van der Waals surface area contributed by atoms with Crippen molar-refractivity contribution in [2.24, 2.45) is 0 Å². The van der Waals surface area contributed by atoms with Crippen LogP contribution >= 0.6 is 0 Å². The average molecular weight is 367 g/mol. The van der Waals surface area contributed by atoms with E-state index < -0.39 is 5.82 Å². The number of hydrogen-bond acceptors (Lipinski definition) is 5. The maximum Gasteiger partial charge on any atom is 0.257 e. The van der Waals surface area contributed by atoms with Gasteiger partial charge < -0.3 is 14.2 Å². The number of amides is 1. The van der Waals surface area contributed by atoms with Crippen molar-refractivity contribution in [1.29, 1.82) is 0 Å². The van der Waals surface area contributed by atoms with E-state index in [0.29, 0.717) is 24.7 Å². The Balaban J connectivity index is 1.58. The SMILES string of the molecule is COc1ccc(-c2noc([C@@H]3CCCN3C(=O)c3ccccc3F)n2)cc1. The molecule has 7 heteroatoms. The number of likely N-dealkylation sites (tertiary alicyclic amines) is 1. The van der Waals surface area contributed by atoms with Crippen molar-refractivity contribution >= 4 is 5.91 Å². The standard InChI is InChI=1S/C20H18FN3O3/c1-26-14-10-8-13(9-11-14)18-22-19(27-23-18)17-7-4-12-24(17)20(25)15-5-2-3-6-16(15)21/h2-3,5-6,8-11,17H,4,7,12H2,1H3/t17-/m0/s1. The van der Waals surface area contributed by atoms with Gasteiger partial charge in [-0.25, -0.2) is 4.39 Å². The van der Waals surface area contributed by atoms with Crippen LogP contribution in [-0.4, -0.2) is 34.6 Å². The second-order valence-corrected chi connectivity index (χ2v) is 6.32. The predicted molar refractivity (Wildman–Crippen MR) is 95.7 cm³/mol. The van der Waals surface area contributed by atoms with E-state index in [9.17, 15) is 9.18 Å². The third-order valence-corrected chi connectivity index (χ3v) is 4.69. The fraction of sp³-hybridized carbons (Fsp3) is 0.250. The van der Waals surface area contributed by atoms with Gasteiger partial charge in [-0.15, -0.1) is 0 Å². The molecule has 138 valence electrons. The molecule has 1 aromatic heterocycles. The van der Waals surface area contributed by atoms with E-state index in [1.807, 2.05) is 24.3 Å². The van der Waals surface area contributed by atoms with Gasteiger partial charge in [0.25, 0.3) is 5.91 Å². The van der Waals surface area contributed by atoms with Gasteiger partial charge in [-0.1, -0.05) is 17.3 Å². The molecule has 0 N–H and O–H groups in total. The summed E-state index contributed by atoms with van der Waals surface area (Å²) in [6, 6.07) is 12.9. The molecule has 0 unspecified atom stereocenters. The largest absolute Gasteiger partial charge is 0.497 e. The highest BCUT2D eigenvalue weighted by Gasteiger charge is 2.35. The third kappa shape index (κ3) is 3.28. The van der Waals surface area contributed by atoms with Crippen LogP contribution in [0.25, 0.3) is 11.4 Å². The summed E-state index contributed by atoms with van der Waals surface area (Å²) in [6.45, 7) is 0.526. The minimum atomic E-state index is -0.530. The molecule has 27 heavy (non-hydrogen) atoms. The van der Waals surface area contributed by atoms with Gasteiger partial charge in [0.1, 0.15) is 17.6 Å². The first-order chi connectivity index (χ1) is 13.2. The molecular formula is C20H18FN3O3. The highest BCUT2D eigenvalue weighted by Crippen LogP contribution is 2.33. The summed E-state index contributed by atoms with van der Waals surface area (Å²) >= 11 is 0. The maximum absolute atomic E-state index is 14.0. The number of aromatic nitrogens is 2. The van der Waals surface area contributed by atoms with E-state index in [0.717, 1.165) is 17.7 Å². The number of ether oxygens (including phenoxy) is 1. The summed E-state index contributed by atoms with van der Waals surface area (Å²) in [5, 5.41) is 4.03. The van der Waals surface area contributed by atoms with Crippen LogP contribution in [0.15, 0.2) is 53.1 Å². The Morgan fingerprint density at radius 3 is 2.74 bits per heavy atom. The molecule has 1 amide bonds. The molecule has 3 aromatic rings. The van der Waals surface area contributed by atoms with Crippen LogP contribution in [0.1, 0.15) is 35.1 Å². The molecule has 1 aliphatic rings. The fourth-order valence-corrected chi connectivity index (χ4v) is 3.28. The van der Waals surface area contributed by atoms with Crippen molar-refractivity contribution in [2.75, 3.05) is 13.7 Å². The molecule has 1 aliphatic heterocycles. The minimum Gasteiger partial charge on any atom is -0.497 e. The van der Waals surface area contributed by atoms with E-state index in [1.54, 1.807) is 24.1 Å². The lowest BCUT2D eigenvalue weighted by Gasteiger charge is -2.22. The van der Waals surface area contributed by atoms with Gasteiger partial charge in [-0.3, -0.25) is 4.79 Å². The molecule has 0 aliphatic carbocycles. The van der Waals surface area contributed by atoms with Crippen LogP contribution < -0.4 is 4.74 Å². The highest BCUT2D eigenvalue weighted by atomic mass is 19.1. The van der Waals surface area contributed by atoms with Crippen molar-refractivity contribution in [3.05, 3.63) is 65.8 Å². The summed E-state index contributed by atoms with van der Waals surface area (Å²) in [5.74, 6) is 0.651. The van der Waals surface area contributed by atoms with Gasteiger partial charge in [-0.2, -0.15) is 4.98 Å². The Labute approximate surface area is 155 Å². The maximum atomic E-state index is 14.0. The number of rotatable bonds is 4. The van der Waals surface area contributed by atoms with E-state index in [4.69, 9.17) is 9.26 Å². The van der Waals surface area contributed by atoms with E-state index in [2.05, 4.69) is 10.1 Å². The van der Waals surface area contributed by atoms with Crippen LogP contribution in [0, 0.1) is 5.82 Å². The zero-order valence-electron chi connectivity index (χ0n) is 14.8. The topological polar surface area (TPSA) is 68.5 Å².